The second kappa shape index (κ2) is 5.92. The molecular formula is C22H20O3. The Hall–Kier alpha value is -2.81. The third kappa shape index (κ3) is 2.47. The van der Waals surface area contributed by atoms with Crippen molar-refractivity contribution in [1.29, 1.82) is 0 Å². The number of furan rings is 1. The summed E-state index contributed by atoms with van der Waals surface area (Å²) in [5.41, 5.74) is 5.29. The average Bonchev–Trinajstić information content (AvgIpc) is 2.93. The first-order valence-corrected chi connectivity index (χ1v) is 8.65. The summed E-state index contributed by atoms with van der Waals surface area (Å²) >= 11 is 0. The minimum absolute atomic E-state index is 0.301. The van der Waals surface area contributed by atoms with Gasteiger partial charge in [0.25, 0.3) is 0 Å². The lowest BCUT2D eigenvalue weighted by Crippen LogP contribution is -2.01. The molecule has 4 aromatic rings. The molecule has 2 aromatic carbocycles. The van der Waals surface area contributed by atoms with E-state index in [1.807, 2.05) is 32.0 Å². The molecule has 0 N–H and O–H groups in total. The number of benzene rings is 2. The molecule has 0 aliphatic carbocycles. The minimum atomic E-state index is -0.301. The fourth-order valence-corrected chi connectivity index (χ4v) is 3.65. The Labute approximate surface area is 145 Å². The van der Waals surface area contributed by atoms with Crippen molar-refractivity contribution >= 4 is 21.9 Å². The van der Waals surface area contributed by atoms with Crippen molar-refractivity contribution in [3.05, 3.63) is 69.8 Å². The zero-order valence-electron chi connectivity index (χ0n) is 14.7. The van der Waals surface area contributed by atoms with E-state index in [0.717, 1.165) is 57.2 Å². The summed E-state index contributed by atoms with van der Waals surface area (Å²) in [5.74, 6) is 0.874. The number of hydrogen-bond donors (Lipinski definition) is 0. The topological polar surface area (TPSA) is 43.4 Å². The third-order valence-corrected chi connectivity index (χ3v) is 4.76. The van der Waals surface area contributed by atoms with E-state index in [9.17, 15) is 4.79 Å². The van der Waals surface area contributed by atoms with Crippen molar-refractivity contribution < 1.29 is 8.83 Å². The Morgan fingerprint density at radius 1 is 0.920 bits per heavy atom. The highest BCUT2D eigenvalue weighted by Gasteiger charge is 2.19. The molecule has 0 radical (unpaired) electrons. The predicted octanol–water partition coefficient (Wildman–Crippen LogP) is 5.78. The molecule has 3 nitrogen and oxygen atoms in total. The fourth-order valence-electron chi connectivity index (χ4n) is 3.65. The number of fused-ring (bicyclic) bond motifs is 2. The molecule has 25 heavy (non-hydrogen) atoms. The van der Waals surface area contributed by atoms with Gasteiger partial charge in [-0.2, -0.15) is 0 Å². The van der Waals surface area contributed by atoms with Gasteiger partial charge in [0.2, 0.25) is 0 Å². The molecule has 0 amide bonds. The van der Waals surface area contributed by atoms with Crippen LogP contribution in [0.25, 0.3) is 33.1 Å². The molecule has 0 aliphatic heterocycles. The SMILES string of the molecule is CCCc1cc(=O)oc2c(C)c3oc(C)c(-c4ccccc4)c3cc12. The summed E-state index contributed by atoms with van der Waals surface area (Å²) in [4.78, 5) is 12.0. The highest BCUT2D eigenvalue weighted by atomic mass is 16.4. The first-order valence-electron chi connectivity index (χ1n) is 8.65. The van der Waals surface area contributed by atoms with Gasteiger partial charge in [-0.25, -0.2) is 4.79 Å². The first kappa shape index (κ1) is 15.7. The maximum Gasteiger partial charge on any atom is 0.336 e. The van der Waals surface area contributed by atoms with Crippen LogP contribution < -0.4 is 5.63 Å². The molecule has 0 saturated carbocycles. The molecule has 0 atom stereocenters. The van der Waals surface area contributed by atoms with E-state index in [1.165, 1.54) is 0 Å². The molecule has 0 unspecified atom stereocenters. The fraction of sp³-hybridized carbons (Fsp3) is 0.227. The molecule has 2 aromatic heterocycles. The van der Waals surface area contributed by atoms with Gasteiger partial charge >= 0.3 is 5.63 Å². The molecular weight excluding hydrogens is 312 g/mol. The number of hydrogen-bond acceptors (Lipinski definition) is 3. The van der Waals surface area contributed by atoms with Crippen molar-refractivity contribution in [2.45, 2.75) is 33.6 Å². The number of rotatable bonds is 3. The third-order valence-electron chi connectivity index (χ3n) is 4.76. The minimum Gasteiger partial charge on any atom is -0.460 e. The summed E-state index contributed by atoms with van der Waals surface area (Å²) in [6, 6.07) is 14.0. The Morgan fingerprint density at radius 3 is 2.36 bits per heavy atom. The van der Waals surface area contributed by atoms with Crippen molar-refractivity contribution in [3.8, 4) is 11.1 Å². The van der Waals surface area contributed by atoms with E-state index >= 15 is 0 Å². The highest BCUT2D eigenvalue weighted by Crippen LogP contribution is 2.39. The lowest BCUT2D eigenvalue weighted by atomic mass is 9.97. The molecule has 2 heterocycles. The molecule has 0 spiro atoms. The van der Waals surface area contributed by atoms with Crippen molar-refractivity contribution in [2.24, 2.45) is 0 Å². The van der Waals surface area contributed by atoms with Crippen LogP contribution in [0.1, 0.15) is 30.2 Å². The van der Waals surface area contributed by atoms with E-state index in [4.69, 9.17) is 8.83 Å². The average molecular weight is 332 g/mol. The Kier molecular flexibility index (Phi) is 3.72. The summed E-state index contributed by atoms with van der Waals surface area (Å²) < 4.78 is 11.6. The molecule has 3 heteroatoms. The second-order valence-corrected chi connectivity index (χ2v) is 6.49. The van der Waals surface area contributed by atoms with Crippen LogP contribution in [0.15, 0.2) is 56.1 Å². The van der Waals surface area contributed by atoms with Crippen LogP contribution in [-0.4, -0.2) is 0 Å². The van der Waals surface area contributed by atoms with Crippen LogP contribution in [0, 0.1) is 13.8 Å². The van der Waals surface area contributed by atoms with E-state index in [0.29, 0.717) is 5.58 Å². The monoisotopic (exact) mass is 332 g/mol. The lowest BCUT2D eigenvalue weighted by molar-refractivity contribution is 0.551. The summed E-state index contributed by atoms with van der Waals surface area (Å²) in [6.45, 7) is 6.06. The zero-order chi connectivity index (χ0) is 17.6. The van der Waals surface area contributed by atoms with Crippen molar-refractivity contribution in [3.63, 3.8) is 0 Å². The van der Waals surface area contributed by atoms with Crippen LogP contribution in [0.4, 0.5) is 0 Å². The summed E-state index contributed by atoms with van der Waals surface area (Å²) in [7, 11) is 0. The van der Waals surface area contributed by atoms with Crippen LogP contribution in [0.5, 0.6) is 0 Å². The maximum absolute atomic E-state index is 12.0. The smallest absolute Gasteiger partial charge is 0.336 e. The number of aryl methyl sites for hydroxylation is 3. The van der Waals surface area contributed by atoms with E-state index in [-0.39, 0.29) is 5.63 Å². The van der Waals surface area contributed by atoms with Gasteiger partial charge < -0.3 is 8.83 Å². The van der Waals surface area contributed by atoms with Crippen LogP contribution in [-0.2, 0) is 6.42 Å². The summed E-state index contributed by atoms with van der Waals surface area (Å²) in [6.07, 6.45) is 1.83. The van der Waals surface area contributed by atoms with E-state index in [2.05, 4.69) is 25.1 Å². The molecule has 0 aliphatic rings. The highest BCUT2D eigenvalue weighted by molar-refractivity contribution is 6.05. The van der Waals surface area contributed by atoms with Crippen molar-refractivity contribution in [2.75, 3.05) is 0 Å². The Balaban J connectivity index is 2.14. The van der Waals surface area contributed by atoms with Crippen LogP contribution in [0.2, 0.25) is 0 Å². The molecule has 4 rings (SSSR count). The maximum atomic E-state index is 12.0. The quantitative estimate of drug-likeness (QED) is 0.447. The van der Waals surface area contributed by atoms with Gasteiger partial charge in [-0.05, 0) is 37.5 Å². The Morgan fingerprint density at radius 2 is 1.64 bits per heavy atom. The largest absolute Gasteiger partial charge is 0.460 e. The second-order valence-electron chi connectivity index (χ2n) is 6.49. The van der Waals surface area contributed by atoms with Gasteiger partial charge in [-0.3, -0.25) is 0 Å². The first-order chi connectivity index (χ1) is 12.1. The van der Waals surface area contributed by atoms with Crippen LogP contribution in [0.3, 0.4) is 0 Å². The normalized spacial score (nSPS) is 11.5. The molecule has 0 fully saturated rings. The molecule has 126 valence electrons. The van der Waals surface area contributed by atoms with Gasteiger partial charge in [-0.1, -0.05) is 43.7 Å². The Bertz CT molecular complexity index is 1130. The van der Waals surface area contributed by atoms with E-state index in [1.54, 1.807) is 6.07 Å². The van der Waals surface area contributed by atoms with Gasteiger partial charge in [0.05, 0.1) is 0 Å². The van der Waals surface area contributed by atoms with Crippen LogP contribution >= 0.6 is 0 Å². The molecule has 0 bridgehead atoms. The lowest BCUT2D eigenvalue weighted by Gasteiger charge is -2.08. The standard InChI is InChI=1S/C22H20O3/c1-4-8-16-11-19(23)25-21-13(2)22-18(12-17(16)21)20(14(3)24-22)15-9-6-5-7-10-15/h5-7,9-12H,4,8H2,1-3H3. The van der Waals surface area contributed by atoms with Gasteiger partial charge in [0, 0.05) is 28.0 Å². The summed E-state index contributed by atoms with van der Waals surface area (Å²) in [5, 5.41) is 2.07. The zero-order valence-corrected chi connectivity index (χ0v) is 14.7. The van der Waals surface area contributed by atoms with Gasteiger partial charge in [0.15, 0.2) is 0 Å². The predicted molar refractivity (Wildman–Crippen MR) is 101 cm³/mol. The van der Waals surface area contributed by atoms with Gasteiger partial charge in [0.1, 0.15) is 16.9 Å². The molecule has 0 saturated heterocycles. The van der Waals surface area contributed by atoms with Gasteiger partial charge in [-0.15, -0.1) is 0 Å². The van der Waals surface area contributed by atoms with E-state index < -0.39 is 0 Å². The van der Waals surface area contributed by atoms with Crippen molar-refractivity contribution in [1.82, 2.24) is 0 Å².